The largest absolute Gasteiger partial charge is 0.573 e. The molecule has 0 fully saturated rings. The molecule has 1 aromatic carbocycles. The van der Waals surface area contributed by atoms with Crippen molar-refractivity contribution in [2.24, 2.45) is 0 Å². The fraction of sp³-hybridized carbons (Fsp3) is 0.217. The van der Waals surface area contributed by atoms with E-state index >= 15 is 0 Å². The second-order valence-corrected chi connectivity index (χ2v) is 6.65. The van der Waals surface area contributed by atoms with Gasteiger partial charge in [-0.05, 0) is 54.0 Å². The Morgan fingerprint density at radius 1 is 1.19 bits per heavy atom. The second kappa shape index (κ2) is 9.97. The lowest BCUT2D eigenvalue weighted by atomic mass is 10.0. The summed E-state index contributed by atoms with van der Waals surface area (Å²) in [5.41, 5.74) is 3.33. The van der Waals surface area contributed by atoms with Gasteiger partial charge in [0.05, 0.1) is 18.6 Å². The van der Waals surface area contributed by atoms with Crippen LogP contribution in [0.15, 0.2) is 78.4 Å². The molecule has 1 aliphatic carbocycles. The van der Waals surface area contributed by atoms with Crippen LogP contribution in [-0.2, 0) is 4.74 Å². The van der Waals surface area contributed by atoms with Gasteiger partial charge in [0.25, 0.3) is 0 Å². The smallest absolute Gasteiger partial charge is 0.501 e. The minimum Gasteiger partial charge on any atom is -0.501 e. The van der Waals surface area contributed by atoms with Crippen molar-refractivity contribution in [2.75, 3.05) is 12.4 Å². The topological polar surface area (TPSA) is 56.3 Å². The molecule has 0 bridgehead atoms. The zero-order chi connectivity index (χ0) is 22.3. The summed E-state index contributed by atoms with van der Waals surface area (Å²) in [4.78, 5) is 8.59. The average molecular weight is 429 g/mol. The maximum Gasteiger partial charge on any atom is 0.573 e. The van der Waals surface area contributed by atoms with E-state index in [2.05, 4.69) is 32.2 Å². The lowest BCUT2D eigenvalue weighted by molar-refractivity contribution is -0.274. The summed E-state index contributed by atoms with van der Waals surface area (Å²) in [6.45, 7) is 2.04. The fourth-order valence-corrected chi connectivity index (χ4v) is 2.97. The summed E-state index contributed by atoms with van der Waals surface area (Å²) in [6, 6.07) is 7.23. The Morgan fingerprint density at radius 2 is 1.97 bits per heavy atom. The van der Waals surface area contributed by atoms with Gasteiger partial charge in [0.1, 0.15) is 17.9 Å². The van der Waals surface area contributed by atoms with E-state index in [4.69, 9.17) is 4.74 Å². The van der Waals surface area contributed by atoms with Crippen molar-refractivity contribution in [1.82, 2.24) is 9.97 Å². The van der Waals surface area contributed by atoms with Crippen LogP contribution in [0, 0.1) is 0 Å². The molecule has 0 atom stereocenters. The van der Waals surface area contributed by atoms with Crippen LogP contribution in [0.4, 0.5) is 24.7 Å². The van der Waals surface area contributed by atoms with Crippen molar-refractivity contribution in [3.05, 3.63) is 84.1 Å². The Bertz CT molecular complexity index is 1020. The third kappa shape index (κ3) is 6.74. The van der Waals surface area contributed by atoms with Crippen LogP contribution < -0.4 is 10.1 Å². The van der Waals surface area contributed by atoms with Gasteiger partial charge >= 0.3 is 6.36 Å². The van der Waals surface area contributed by atoms with Gasteiger partial charge in [-0.3, -0.25) is 0 Å². The maximum atomic E-state index is 12.3. The number of ether oxygens (including phenoxy) is 2. The van der Waals surface area contributed by atoms with E-state index in [1.807, 2.05) is 25.2 Å². The van der Waals surface area contributed by atoms with Crippen LogP contribution in [0.2, 0.25) is 0 Å². The number of nitrogens with one attached hydrogen (secondary N) is 1. The first kappa shape index (κ1) is 22.1. The number of benzene rings is 1. The highest BCUT2D eigenvalue weighted by Crippen LogP contribution is 2.27. The number of hydrogen-bond acceptors (Lipinski definition) is 5. The molecule has 0 saturated heterocycles. The quantitative estimate of drug-likeness (QED) is 0.557. The predicted octanol–water partition coefficient (Wildman–Crippen LogP) is 6.33. The molecule has 0 saturated carbocycles. The molecule has 31 heavy (non-hydrogen) atoms. The van der Waals surface area contributed by atoms with Crippen LogP contribution in [0.3, 0.4) is 0 Å². The van der Waals surface area contributed by atoms with Gasteiger partial charge in [0, 0.05) is 18.2 Å². The van der Waals surface area contributed by atoms with Crippen molar-refractivity contribution in [1.29, 1.82) is 0 Å². The first-order chi connectivity index (χ1) is 14.9. The molecule has 1 N–H and O–H groups in total. The van der Waals surface area contributed by atoms with E-state index in [1.165, 1.54) is 30.6 Å². The number of nitrogens with zero attached hydrogens (tertiary/aromatic N) is 2. The van der Waals surface area contributed by atoms with Gasteiger partial charge in [0.2, 0.25) is 0 Å². The molecule has 0 amide bonds. The van der Waals surface area contributed by atoms with Crippen LogP contribution in [-0.4, -0.2) is 23.4 Å². The van der Waals surface area contributed by atoms with Gasteiger partial charge in [-0.2, -0.15) is 0 Å². The second-order valence-electron chi connectivity index (χ2n) is 6.65. The Balaban J connectivity index is 1.77. The van der Waals surface area contributed by atoms with E-state index in [1.54, 1.807) is 13.2 Å². The predicted molar refractivity (Wildman–Crippen MR) is 114 cm³/mol. The number of rotatable bonds is 7. The summed E-state index contributed by atoms with van der Waals surface area (Å²) < 4.78 is 46.1. The standard InChI is InChI=1S/C23H22F3N3O2/c1-3-5-17(12-16-6-4-7-20(13-16)30-2)21-14-22(28-15-27-21)29-18-8-10-19(11-9-18)31-23(24,25)26/h4-12,14-15H,3,13H2,1-2H3,(H,27,28,29)/b16-12-,17-5+. The van der Waals surface area contributed by atoms with Crippen molar-refractivity contribution < 1.29 is 22.6 Å². The van der Waals surface area contributed by atoms with Crippen LogP contribution >= 0.6 is 0 Å². The van der Waals surface area contributed by atoms with E-state index in [9.17, 15) is 13.2 Å². The number of alkyl halides is 3. The summed E-state index contributed by atoms with van der Waals surface area (Å²) >= 11 is 0. The van der Waals surface area contributed by atoms with E-state index in [0.29, 0.717) is 17.9 Å². The molecule has 0 unspecified atom stereocenters. The maximum absolute atomic E-state index is 12.3. The van der Waals surface area contributed by atoms with E-state index < -0.39 is 6.36 Å². The number of methoxy groups -OCH3 is 1. The molecular weight excluding hydrogens is 407 g/mol. The fourth-order valence-electron chi connectivity index (χ4n) is 2.97. The highest BCUT2D eigenvalue weighted by atomic mass is 19.4. The van der Waals surface area contributed by atoms with Gasteiger partial charge in [-0.1, -0.05) is 25.2 Å². The zero-order valence-corrected chi connectivity index (χ0v) is 17.1. The molecule has 1 heterocycles. The summed E-state index contributed by atoms with van der Waals surface area (Å²) in [5, 5.41) is 3.07. The van der Waals surface area contributed by atoms with Crippen molar-refractivity contribution in [3.8, 4) is 5.75 Å². The van der Waals surface area contributed by atoms with Crippen LogP contribution in [0.1, 0.15) is 25.5 Å². The Morgan fingerprint density at radius 3 is 2.65 bits per heavy atom. The lowest BCUT2D eigenvalue weighted by Crippen LogP contribution is -2.16. The first-order valence-corrected chi connectivity index (χ1v) is 9.63. The summed E-state index contributed by atoms with van der Waals surface area (Å²) in [6.07, 6.45) is 8.26. The van der Waals surface area contributed by atoms with Gasteiger partial charge in [-0.15, -0.1) is 13.2 Å². The first-order valence-electron chi connectivity index (χ1n) is 9.63. The van der Waals surface area contributed by atoms with Crippen LogP contribution in [0.25, 0.3) is 5.57 Å². The monoisotopic (exact) mass is 429 g/mol. The van der Waals surface area contributed by atoms with Gasteiger partial charge in [-0.25, -0.2) is 9.97 Å². The number of hydrogen-bond donors (Lipinski definition) is 1. The Labute approximate surface area is 178 Å². The lowest BCUT2D eigenvalue weighted by Gasteiger charge is -2.12. The molecule has 1 aromatic heterocycles. The molecule has 0 aliphatic heterocycles. The number of halogens is 3. The molecule has 5 nitrogen and oxygen atoms in total. The van der Waals surface area contributed by atoms with Crippen molar-refractivity contribution in [3.63, 3.8) is 0 Å². The van der Waals surface area contributed by atoms with Crippen molar-refractivity contribution in [2.45, 2.75) is 26.1 Å². The summed E-state index contributed by atoms with van der Waals surface area (Å²) in [7, 11) is 1.65. The SMILES string of the molecule is CC/C=C(\C=C1\C=CC=C(OC)C1)c1cc(Nc2ccc(OC(F)(F)F)cc2)ncn1. The molecule has 0 radical (unpaired) electrons. The third-order valence-corrected chi connectivity index (χ3v) is 4.32. The molecule has 8 heteroatoms. The molecule has 3 rings (SSSR count). The molecule has 1 aliphatic rings. The zero-order valence-electron chi connectivity index (χ0n) is 17.1. The summed E-state index contributed by atoms with van der Waals surface area (Å²) in [5.74, 6) is 1.12. The van der Waals surface area contributed by atoms with Crippen molar-refractivity contribution >= 4 is 17.1 Å². The minimum absolute atomic E-state index is 0.286. The minimum atomic E-state index is -4.72. The average Bonchev–Trinajstić information content (AvgIpc) is 2.74. The van der Waals surface area contributed by atoms with Gasteiger partial charge in [0.15, 0.2) is 0 Å². The Hall–Kier alpha value is -3.55. The molecule has 0 spiro atoms. The Kier molecular flexibility index (Phi) is 7.12. The van der Waals surface area contributed by atoms with E-state index in [0.717, 1.165) is 29.0 Å². The van der Waals surface area contributed by atoms with Crippen LogP contribution in [0.5, 0.6) is 5.75 Å². The molecular formula is C23H22F3N3O2. The third-order valence-electron chi connectivity index (χ3n) is 4.32. The molecule has 162 valence electrons. The number of allylic oxidation sites excluding steroid dienone is 7. The highest BCUT2D eigenvalue weighted by Gasteiger charge is 2.30. The highest BCUT2D eigenvalue weighted by molar-refractivity contribution is 5.75. The number of anilines is 2. The number of aromatic nitrogens is 2. The normalized spacial score (nSPS) is 15.6. The van der Waals surface area contributed by atoms with Gasteiger partial charge < -0.3 is 14.8 Å². The van der Waals surface area contributed by atoms with E-state index in [-0.39, 0.29) is 5.75 Å². The molecule has 2 aromatic rings.